The van der Waals surface area contributed by atoms with Gasteiger partial charge in [-0.15, -0.1) is 11.3 Å². The maximum absolute atomic E-state index is 6.22. The number of rotatable bonds is 5. The van der Waals surface area contributed by atoms with Gasteiger partial charge in [0.1, 0.15) is 5.75 Å². The molecule has 0 aliphatic carbocycles. The first-order chi connectivity index (χ1) is 9.47. The maximum Gasteiger partial charge on any atom is 0.144 e. The molecule has 2 rings (SSSR count). The maximum atomic E-state index is 6.22. The number of para-hydroxylation sites is 1. The fraction of sp³-hybridized carbons (Fsp3) is 0.333. The van der Waals surface area contributed by atoms with Gasteiger partial charge in [0, 0.05) is 13.6 Å². The van der Waals surface area contributed by atoms with Gasteiger partial charge < -0.3 is 15.4 Å². The molecule has 0 aliphatic heterocycles. The zero-order chi connectivity index (χ0) is 14.7. The smallest absolute Gasteiger partial charge is 0.144 e. The minimum absolute atomic E-state index is 0.116. The summed E-state index contributed by atoms with van der Waals surface area (Å²) in [5.41, 5.74) is 9.16. The normalized spacial score (nSPS) is 10.8. The Bertz CT molecular complexity index is 583. The van der Waals surface area contributed by atoms with Gasteiger partial charge in [-0.2, -0.15) is 0 Å². The van der Waals surface area contributed by atoms with E-state index in [0.717, 1.165) is 21.8 Å². The molecule has 2 N–H and O–H groups in total. The second-order valence-corrected chi connectivity index (χ2v) is 7.26. The van der Waals surface area contributed by atoms with E-state index in [4.69, 9.17) is 10.5 Å². The molecule has 0 unspecified atom stereocenters. The summed E-state index contributed by atoms with van der Waals surface area (Å²) in [6.07, 6.45) is 0.116. The van der Waals surface area contributed by atoms with Crippen molar-refractivity contribution in [1.82, 2.24) is 0 Å². The standard InChI is InChI=1S/C15H19BrN2OS/c1-10(2)19-13-6-4-5-12(15(13)17)18(3)8-11-7-14(16)20-9-11/h4-7,9-10H,8,17H2,1-3H3. The highest BCUT2D eigenvalue weighted by Crippen LogP contribution is 2.33. The Kier molecular flexibility index (Phi) is 4.94. The third-order valence-electron chi connectivity index (χ3n) is 2.86. The number of hydrogen-bond donors (Lipinski definition) is 1. The van der Waals surface area contributed by atoms with Crippen LogP contribution in [0.3, 0.4) is 0 Å². The molecule has 108 valence electrons. The van der Waals surface area contributed by atoms with Crippen LogP contribution in [-0.2, 0) is 6.54 Å². The molecule has 0 aliphatic rings. The van der Waals surface area contributed by atoms with Gasteiger partial charge >= 0.3 is 0 Å². The first-order valence-corrected chi connectivity index (χ1v) is 8.14. The van der Waals surface area contributed by atoms with E-state index < -0.39 is 0 Å². The van der Waals surface area contributed by atoms with Crippen molar-refractivity contribution in [2.45, 2.75) is 26.5 Å². The Morgan fingerprint density at radius 2 is 2.15 bits per heavy atom. The lowest BCUT2D eigenvalue weighted by molar-refractivity contribution is 0.244. The molecule has 0 fully saturated rings. The van der Waals surface area contributed by atoms with E-state index in [9.17, 15) is 0 Å². The highest BCUT2D eigenvalue weighted by molar-refractivity contribution is 9.11. The van der Waals surface area contributed by atoms with Gasteiger partial charge in [0.25, 0.3) is 0 Å². The summed E-state index contributed by atoms with van der Waals surface area (Å²) in [6.45, 7) is 4.81. The van der Waals surface area contributed by atoms with Crippen molar-refractivity contribution in [2.75, 3.05) is 17.7 Å². The highest BCUT2D eigenvalue weighted by atomic mass is 79.9. The Morgan fingerprint density at radius 1 is 1.40 bits per heavy atom. The van der Waals surface area contributed by atoms with E-state index in [1.54, 1.807) is 11.3 Å². The number of benzene rings is 1. The zero-order valence-corrected chi connectivity index (χ0v) is 14.3. The van der Waals surface area contributed by atoms with Crippen molar-refractivity contribution in [3.8, 4) is 5.75 Å². The number of hydrogen-bond acceptors (Lipinski definition) is 4. The first-order valence-electron chi connectivity index (χ1n) is 6.46. The second kappa shape index (κ2) is 6.50. The first kappa shape index (κ1) is 15.2. The van der Waals surface area contributed by atoms with Crippen LogP contribution in [0.25, 0.3) is 0 Å². The van der Waals surface area contributed by atoms with Crippen LogP contribution in [-0.4, -0.2) is 13.2 Å². The van der Waals surface area contributed by atoms with Gasteiger partial charge in [0.05, 0.1) is 21.3 Å². The molecule has 1 aromatic carbocycles. The van der Waals surface area contributed by atoms with Gasteiger partial charge in [0.2, 0.25) is 0 Å². The van der Waals surface area contributed by atoms with E-state index in [0.29, 0.717) is 5.69 Å². The summed E-state index contributed by atoms with van der Waals surface area (Å²) in [4.78, 5) is 2.14. The third-order valence-corrected chi connectivity index (χ3v) is 4.41. The lowest BCUT2D eigenvalue weighted by Gasteiger charge is -2.22. The van der Waals surface area contributed by atoms with Gasteiger partial charge in [-0.1, -0.05) is 6.07 Å². The summed E-state index contributed by atoms with van der Waals surface area (Å²) >= 11 is 5.18. The van der Waals surface area contributed by atoms with Crippen molar-refractivity contribution in [3.63, 3.8) is 0 Å². The molecule has 3 nitrogen and oxygen atoms in total. The van der Waals surface area contributed by atoms with Crippen LogP contribution in [0.4, 0.5) is 11.4 Å². The molecule has 0 saturated carbocycles. The number of anilines is 2. The van der Waals surface area contributed by atoms with Crippen LogP contribution < -0.4 is 15.4 Å². The number of nitrogens with zero attached hydrogens (tertiary/aromatic N) is 1. The topological polar surface area (TPSA) is 38.5 Å². The van der Waals surface area contributed by atoms with Crippen molar-refractivity contribution >= 4 is 38.6 Å². The number of thiophene rings is 1. The third kappa shape index (κ3) is 3.67. The molecule has 20 heavy (non-hydrogen) atoms. The fourth-order valence-electron chi connectivity index (χ4n) is 2.01. The zero-order valence-electron chi connectivity index (χ0n) is 11.9. The summed E-state index contributed by atoms with van der Waals surface area (Å²) in [6, 6.07) is 8.03. The van der Waals surface area contributed by atoms with Crippen LogP contribution in [0.2, 0.25) is 0 Å². The predicted octanol–water partition coefficient (Wildman–Crippen LogP) is 4.52. The van der Waals surface area contributed by atoms with Crippen LogP contribution in [0.15, 0.2) is 33.4 Å². The van der Waals surface area contributed by atoms with E-state index >= 15 is 0 Å². The largest absolute Gasteiger partial charge is 0.489 e. The highest BCUT2D eigenvalue weighted by Gasteiger charge is 2.12. The molecule has 1 aromatic heterocycles. The van der Waals surface area contributed by atoms with Gasteiger partial charge in [-0.05, 0) is 58.9 Å². The minimum Gasteiger partial charge on any atom is -0.489 e. The quantitative estimate of drug-likeness (QED) is 0.802. The average molecular weight is 355 g/mol. The lowest BCUT2D eigenvalue weighted by atomic mass is 10.2. The van der Waals surface area contributed by atoms with Crippen LogP contribution in [0.5, 0.6) is 5.75 Å². The Hall–Kier alpha value is -1.20. The van der Waals surface area contributed by atoms with Crippen LogP contribution in [0.1, 0.15) is 19.4 Å². The Morgan fingerprint density at radius 3 is 2.75 bits per heavy atom. The second-order valence-electron chi connectivity index (χ2n) is 4.97. The van der Waals surface area contributed by atoms with E-state index in [-0.39, 0.29) is 6.10 Å². The van der Waals surface area contributed by atoms with Crippen molar-refractivity contribution < 1.29 is 4.74 Å². The predicted molar refractivity (Wildman–Crippen MR) is 90.7 cm³/mol. The van der Waals surface area contributed by atoms with Crippen molar-refractivity contribution in [1.29, 1.82) is 0 Å². The van der Waals surface area contributed by atoms with E-state index in [1.807, 2.05) is 39.1 Å². The molecule has 5 heteroatoms. The molecule has 0 saturated heterocycles. The molecule has 0 spiro atoms. The number of nitrogens with two attached hydrogens (primary N) is 1. The number of halogens is 1. The number of nitrogen functional groups attached to an aromatic ring is 1. The summed E-state index contributed by atoms with van der Waals surface area (Å²) in [7, 11) is 2.04. The summed E-state index contributed by atoms with van der Waals surface area (Å²) in [5.74, 6) is 0.746. The summed E-state index contributed by atoms with van der Waals surface area (Å²) in [5, 5.41) is 2.14. The molecule has 0 amide bonds. The van der Waals surface area contributed by atoms with Crippen molar-refractivity contribution in [2.24, 2.45) is 0 Å². The van der Waals surface area contributed by atoms with Gasteiger partial charge in [-0.3, -0.25) is 0 Å². The fourth-order valence-corrected chi connectivity index (χ4v) is 3.21. The molecule has 1 heterocycles. The monoisotopic (exact) mass is 354 g/mol. The number of ether oxygens (including phenoxy) is 1. The molecule has 0 atom stereocenters. The van der Waals surface area contributed by atoms with Gasteiger partial charge in [-0.25, -0.2) is 0 Å². The molecule has 0 radical (unpaired) electrons. The van der Waals surface area contributed by atoms with Crippen LogP contribution in [0, 0.1) is 0 Å². The minimum atomic E-state index is 0.116. The van der Waals surface area contributed by atoms with E-state index in [1.165, 1.54) is 5.56 Å². The Labute approximate surface area is 132 Å². The molecular weight excluding hydrogens is 336 g/mol. The van der Waals surface area contributed by atoms with E-state index in [2.05, 4.69) is 32.3 Å². The van der Waals surface area contributed by atoms with Crippen molar-refractivity contribution in [3.05, 3.63) is 39.0 Å². The molecule has 0 bridgehead atoms. The average Bonchev–Trinajstić information content (AvgIpc) is 2.76. The summed E-state index contributed by atoms with van der Waals surface area (Å²) < 4.78 is 6.88. The lowest BCUT2D eigenvalue weighted by Crippen LogP contribution is -2.18. The SMILES string of the molecule is CC(C)Oc1cccc(N(C)Cc2csc(Br)c2)c1N. The molecular formula is C15H19BrN2OS. The Balaban J connectivity index is 2.19. The van der Waals surface area contributed by atoms with Gasteiger partial charge in [0.15, 0.2) is 0 Å². The molecule has 2 aromatic rings. The van der Waals surface area contributed by atoms with Crippen LogP contribution >= 0.6 is 27.3 Å².